The third kappa shape index (κ3) is 7.37. The summed E-state index contributed by atoms with van der Waals surface area (Å²) in [7, 11) is 0. The minimum absolute atomic E-state index is 0.238. The number of hydrogen-bond acceptors (Lipinski definition) is 6. The van der Waals surface area contributed by atoms with Gasteiger partial charge in [-0.05, 0) is 31.2 Å². The van der Waals surface area contributed by atoms with E-state index in [2.05, 4.69) is 35.7 Å². The van der Waals surface area contributed by atoms with E-state index in [4.69, 9.17) is 11.6 Å². The summed E-state index contributed by atoms with van der Waals surface area (Å²) in [5.74, 6) is 0.523. The van der Waals surface area contributed by atoms with Crippen molar-refractivity contribution in [2.75, 3.05) is 57.3 Å². The van der Waals surface area contributed by atoms with Crippen molar-refractivity contribution in [1.29, 1.82) is 0 Å². The van der Waals surface area contributed by atoms with Crippen LogP contribution in [0.4, 0.5) is 10.7 Å². The quantitative estimate of drug-likeness (QED) is 0.504. The summed E-state index contributed by atoms with van der Waals surface area (Å²) in [5, 5.41) is 8.72. The molecule has 0 bridgehead atoms. The topological polar surface area (TPSA) is 102 Å². The standard InChI is InChI=1S/C21H28ClN7O2/c22-18-6-2-1-5-17(18)19(30)23-10-11-27-21(31)26-9-4-12-28-13-15-29(16-14-28)20-24-7-3-8-25-20/h1-3,5-8H,4,9-16H2,(H,23,30)(H2,26,27,31). The number of amides is 3. The Morgan fingerprint density at radius 2 is 1.58 bits per heavy atom. The van der Waals surface area contributed by atoms with Gasteiger partial charge in [0.25, 0.3) is 5.91 Å². The number of anilines is 1. The van der Waals surface area contributed by atoms with Crippen LogP contribution in [0.15, 0.2) is 42.7 Å². The number of aromatic nitrogens is 2. The van der Waals surface area contributed by atoms with E-state index < -0.39 is 0 Å². The van der Waals surface area contributed by atoms with Crippen molar-refractivity contribution in [3.63, 3.8) is 0 Å². The minimum Gasteiger partial charge on any atom is -0.350 e. The molecule has 31 heavy (non-hydrogen) atoms. The highest BCUT2D eigenvalue weighted by Gasteiger charge is 2.18. The fraction of sp³-hybridized carbons (Fsp3) is 0.429. The second-order valence-corrected chi connectivity index (χ2v) is 7.56. The number of hydrogen-bond donors (Lipinski definition) is 3. The Balaban J connectivity index is 1.21. The highest BCUT2D eigenvalue weighted by Crippen LogP contribution is 2.14. The largest absolute Gasteiger partial charge is 0.350 e. The molecule has 1 fully saturated rings. The van der Waals surface area contributed by atoms with E-state index in [-0.39, 0.29) is 11.9 Å². The molecule has 166 valence electrons. The number of carbonyl (C=O) groups excluding carboxylic acids is 2. The zero-order chi connectivity index (χ0) is 21.9. The Morgan fingerprint density at radius 1 is 0.903 bits per heavy atom. The predicted octanol–water partition coefficient (Wildman–Crippen LogP) is 1.37. The molecule has 1 aliphatic rings. The lowest BCUT2D eigenvalue weighted by Crippen LogP contribution is -2.47. The molecule has 1 aromatic heterocycles. The van der Waals surface area contributed by atoms with Crippen LogP contribution in [-0.2, 0) is 0 Å². The lowest BCUT2D eigenvalue weighted by Gasteiger charge is -2.34. The first-order valence-electron chi connectivity index (χ1n) is 10.4. The number of piperazine rings is 1. The van der Waals surface area contributed by atoms with Crippen LogP contribution < -0.4 is 20.9 Å². The van der Waals surface area contributed by atoms with Crippen LogP contribution >= 0.6 is 11.6 Å². The van der Waals surface area contributed by atoms with E-state index >= 15 is 0 Å². The molecule has 10 heteroatoms. The first-order valence-corrected chi connectivity index (χ1v) is 10.8. The molecule has 3 amide bonds. The van der Waals surface area contributed by atoms with Gasteiger partial charge in [-0.3, -0.25) is 9.69 Å². The van der Waals surface area contributed by atoms with Gasteiger partial charge < -0.3 is 20.9 Å². The van der Waals surface area contributed by atoms with Crippen LogP contribution in [0.2, 0.25) is 5.02 Å². The van der Waals surface area contributed by atoms with Crippen molar-refractivity contribution in [1.82, 2.24) is 30.8 Å². The van der Waals surface area contributed by atoms with Gasteiger partial charge >= 0.3 is 6.03 Å². The van der Waals surface area contributed by atoms with Gasteiger partial charge in [0.05, 0.1) is 10.6 Å². The van der Waals surface area contributed by atoms with Gasteiger partial charge in [0.15, 0.2) is 0 Å². The monoisotopic (exact) mass is 445 g/mol. The Bertz CT molecular complexity index is 845. The number of urea groups is 1. The Hall–Kier alpha value is -2.91. The van der Waals surface area contributed by atoms with Crippen molar-refractivity contribution in [2.24, 2.45) is 0 Å². The predicted molar refractivity (Wildman–Crippen MR) is 120 cm³/mol. The normalized spacial score (nSPS) is 14.2. The van der Waals surface area contributed by atoms with E-state index in [1.807, 2.05) is 6.07 Å². The average Bonchev–Trinajstić information content (AvgIpc) is 2.81. The Morgan fingerprint density at radius 3 is 2.32 bits per heavy atom. The Kier molecular flexibility index (Phi) is 8.86. The summed E-state index contributed by atoms with van der Waals surface area (Å²) in [6.07, 6.45) is 4.40. The van der Waals surface area contributed by atoms with E-state index in [1.54, 1.807) is 36.7 Å². The number of rotatable bonds is 9. The molecule has 0 radical (unpaired) electrons. The Labute approximate surface area is 187 Å². The van der Waals surface area contributed by atoms with Gasteiger partial charge in [0.2, 0.25) is 5.95 Å². The van der Waals surface area contributed by atoms with Gasteiger partial charge in [-0.1, -0.05) is 23.7 Å². The summed E-state index contributed by atoms with van der Waals surface area (Å²) in [5.41, 5.74) is 0.422. The first-order chi connectivity index (χ1) is 15.1. The van der Waals surface area contributed by atoms with Crippen LogP contribution in [0.25, 0.3) is 0 Å². The number of benzene rings is 1. The maximum absolute atomic E-state index is 12.0. The summed E-state index contributed by atoms with van der Waals surface area (Å²) in [6, 6.07) is 8.43. The molecule has 2 heterocycles. The second-order valence-electron chi connectivity index (χ2n) is 7.15. The summed E-state index contributed by atoms with van der Waals surface area (Å²) in [6.45, 7) is 5.90. The molecular weight excluding hydrogens is 418 g/mol. The molecule has 9 nitrogen and oxygen atoms in total. The third-order valence-electron chi connectivity index (χ3n) is 4.96. The molecule has 3 rings (SSSR count). The second kappa shape index (κ2) is 12.1. The van der Waals surface area contributed by atoms with Gasteiger partial charge in [-0.2, -0.15) is 0 Å². The number of halogens is 1. The zero-order valence-electron chi connectivity index (χ0n) is 17.4. The van der Waals surface area contributed by atoms with Crippen LogP contribution in [0.3, 0.4) is 0 Å². The van der Waals surface area contributed by atoms with Gasteiger partial charge in [0.1, 0.15) is 0 Å². The lowest BCUT2D eigenvalue weighted by molar-refractivity contribution is 0.0954. The highest BCUT2D eigenvalue weighted by molar-refractivity contribution is 6.33. The maximum atomic E-state index is 12.0. The average molecular weight is 446 g/mol. The van der Waals surface area contributed by atoms with Crippen LogP contribution in [0.5, 0.6) is 0 Å². The molecule has 1 aromatic carbocycles. The zero-order valence-corrected chi connectivity index (χ0v) is 18.1. The first kappa shape index (κ1) is 22.8. The molecule has 0 aliphatic carbocycles. The molecule has 0 saturated carbocycles. The van der Waals surface area contributed by atoms with Crippen LogP contribution in [0.1, 0.15) is 16.8 Å². The molecule has 0 unspecified atom stereocenters. The van der Waals surface area contributed by atoms with Crippen LogP contribution in [-0.4, -0.2) is 79.2 Å². The summed E-state index contributed by atoms with van der Waals surface area (Å²) in [4.78, 5) is 37.1. The molecule has 1 saturated heterocycles. The summed E-state index contributed by atoms with van der Waals surface area (Å²) < 4.78 is 0. The van der Waals surface area contributed by atoms with E-state index in [1.165, 1.54) is 0 Å². The minimum atomic E-state index is -0.258. The molecule has 0 spiro atoms. The van der Waals surface area contributed by atoms with Crippen LogP contribution in [0, 0.1) is 0 Å². The fourth-order valence-corrected chi connectivity index (χ4v) is 3.51. The molecule has 0 atom stereocenters. The van der Waals surface area contributed by atoms with Crippen molar-refractivity contribution in [3.8, 4) is 0 Å². The van der Waals surface area contributed by atoms with E-state index in [0.717, 1.165) is 45.1 Å². The number of carbonyl (C=O) groups is 2. The SMILES string of the molecule is O=C(NCCCN1CCN(c2ncccn2)CC1)NCCNC(=O)c1ccccc1Cl. The fourth-order valence-electron chi connectivity index (χ4n) is 3.29. The smallest absolute Gasteiger partial charge is 0.314 e. The molecule has 2 aromatic rings. The van der Waals surface area contributed by atoms with Crippen molar-refractivity contribution in [2.45, 2.75) is 6.42 Å². The van der Waals surface area contributed by atoms with E-state index in [9.17, 15) is 9.59 Å². The maximum Gasteiger partial charge on any atom is 0.314 e. The lowest BCUT2D eigenvalue weighted by atomic mass is 10.2. The number of nitrogens with one attached hydrogen (secondary N) is 3. The summed E-state index contributed by atoms with van der Waals surface area (Å²) >= 11 is 5.99. The van der Waals surface area contributed by atoms with Crippen molar-refractivity contribution in [3.05, 3.63) is 53.3 Å². The van der Waals surface area contributed by atoms with Crippen molar-refractivity contribution < 1.29 is 9.59 Å². The van der Waals surface area contributed by atoms with Gasteiger partial charge in [-0.25, -0.2) is 14.8 Å². The number of nitrogens with zero attached hydrogens (tertiary/aromatic N) is 4. The van der Waals surface area contributed by atoms with Gasteiger partial charge in [-0.15, -0.1) is 0 Å². The van der Waals surface area contributed by atoms with Gasteiger partial charge in [0, 0.05) is 58.2 Å². The highest BCUT2D eigenvalue weighted by atomic mass is 35.5. The van der Waals surface area contributed by atoms with E-state index in [0.29, 0.717) is 30.2 Å². The van der Waals surface area contributed by atoms with Crippen molar-refractivity contribution >= 4 is 29.5 Å². The third-order valence-corrected chi connectivity index (χ3v) is 5.29. The molecule has 1 aliphatic heterocycles. The molecule has 3 N–H and O–H groups in total. The molecular formula is C21H28ClN7O2.